The minimum absolute atomic E-state index is 0.259. The highest BCUT2D eigenvalue weighted by Gasteiger charge is 2.14. The first-order valence-corrected chi connectivity index (χ1v) is 7.95. The monoisotopic (exact) mass is 363 g/mol. The predicted molar refractivity (Wildman–Crippen MR) is 94.5 cm³/mol. The molecule has 6 nitrogen and oxygen atoms in total. The number of hydrogen-bond donors (Lipinski definition) is 1. The van der Waals surface area contributed by atoms with Crippen LogP contribution in [-0.4, -0.2) is 32.2 Å². The molecule has 0 saturated carbocycles. The number of carbonyl (C=O) groups excluding carboxylic acids is 2. The lowest BCUT2D eigenvalue weighted by atomic mass is 10.2. The van der Waals surface area contributed by atoms with Crippen molar-refractivity contribution >= 4 is 29.2 Å². The summed E-state index contributed by atoms with van der Waals surface area (Å²) in [5.74, 6) is -0.187. The highest BCUT2D eigenvalue weighted by molar-refractivity contribution is 6.33. The van der Waals surface area contributed by atoms with E-state index in [0.717, 1.165) is 0 Å². The molecule has 0 aliphatic rings. The third-order valence-electron chi connectivity index (χ3n) is 3.18. The van der Waals surface area contributed by atoms with Crippen LogP contribution in [0.4, 0.5) is 5.69 Å². The average molecular weight is 364 g/mol. The molecule has 0 aromatic heterocycles. The highest BCUT2D eigenvalue weighted by Crippen LogP contribution is 2.28. The van der Waals surface area contributed by atoms with Gasteiger partial charge in [-0.1, -0.05) is 23.7 Å². The quantitative estimate of drug-likeness (QED) is 0.761. The number of carbonyl (C=O) groups is 2. The summed E-state index contributed by atoms with van der Waals surface area (Å²) in [6.45, 7) is 1.82. The second-order valence-electron chi connectivity index (χ2n) is 4.90. The Balaban J connectivity index is 1.96. The second-order valence-corrected chi connectivity index (χ2v) is 5.31. The lowest BCUT2D eigenvalue weighted by molar-refractivity contribution is -0.119. The van der Waals surface area contributed by atoms with Crippen LogP contribution in [0.1, 0.15) is 17.3 Å². The summed E-state index contributed by atoms with van der Waals surface area (Å²) in [6, 6.07) is 11.4. The number of esters is 1. The zero-order chi connectivity index (χ0) is 18.2. The van der Waals surface area contributed by atoms with Crippen LogP contribution in [0, 0.1) is 0 Å². The molecule has 25 heavy (non-hydrogen) atoms. The molecule has 0 fully saturated rings. The number of methoxy groups -OCH3 is 1. The molecule has 2 aromatic rings. The zero-order valence-electron chi connectivity index (χ0n) is 13.9. The predicted octanol–water partition coefficient (Wildman–Crippen LogP) is 3.54. The summed E-state index contributed by atoms with van der Waals surface area (Å²) in [6.07, 6.45) is 0. The van der Waals surface area contributed by atoms with Crippen molar-refractivity contribution in [2.75, 3.05) is 25.6 Å². The van der Waals surface area contributed by atoms with Crippen molar-refractivity contribution in [3.05, 3.63) is 53.1 Å². The lowest BCUT2D eigenvalue weighted by Gasteiger charge is -2.11. The summed E-state index contributed by atoms with van der Waals surface area (Å²) in [5.41, 5.74) is 0.711. The summed E-state index contributed by atoms with van der Waals surface area (Å²) in [7, 11) is 1.51. The number of benzene rings is 2. The van der Waals surface area contributed by atoms with E-state index in [0.29, 0.717) is 28.8 Å². The number of hydrogen-bond acceptors (Lipinski definition) is 5. The van der Waals surface area contributed by atoms with Gasteiger partial charge in [-0.05, 0) is 37.3 Å². The van der Waals surface area contributed by atoms with Crippen LogP contribution in [0.15, 0.2) is 42.5 Å². The van der Waals surface area contributed by atoms with Crippen molar-refractivity contribution in [3.63, 3.8) is 0 Å². The maximum absolute atomic E-state index is 12.1. The van der Waals surface area contributed by atoms with Gasteiger partial charge >= 0.3 is 5.97 Å². The Morgan fingerprint density at radius 2 is 1.88 bits per heavy atom. The first-order chi connectivity index (χ1) is 12.0. The van der Waals surface area contributed by atoms with Crippen molar-refractivity contribution in [2.24, 2.45) is 0 Å². The zero-order valence-corrected chi connectivity index (χ0v) is 14.6. The molecule has 1 amide bonds. The standard InChI is InChI=1S/C18H18ClNO5/c1-3-24-16-10-12(8-9-15(16)23-2)18(22)25-11-17(21)20-14-7-5-4-6-13(14)19/h4-10H,3,11H2,1-2H3,(H,20,21). The van der Waals surface area contributed by atoms with Crippen molar-refractivity contribution in [2.45, 2.75) is 6.92 Å². The van der Waals surface area contributed by atoms with E-state index in [1.807, 2.05) is 6.92 Å². The highest BCUT2D eigenvalue weighted by atomic mass is 35.5. The molecule has 0 spiro atoms. The van der Waals surface area contributed by atoms with Gasteiger partial charge in [-0.25, -0.2) is 4.79 Å². The molecule has 1 N–H and O–H groups in total. The smallest absolute Gasteiger partial charge is 0.338 e. The number of halogens is 1. The Bertz CT molecular complexity index is 763. The molecule has 0 atom stereocenters. The third kappa shape index (κ3) is 5.12. The fraction of sp³-hybridized carbons (Fsp3) is 0.222. The van der Waals surface area contributed by atoms with Crippen molar-refractivity contribution in [1.29, 1.82) is 0 Å². The molecule has 0 unspecified atom stereocenters. The van der Waals surface area contributed by atoms with Crippen LogP contribution in [0.3, 0.4) is 0 Å². The molecular formula is C18H18ClNO5. The van der Waals surface area contributed by atoms with Gasteiger partial charge in [0.15, 0.2) is 18.1 Å². The fourth-order valence-electron chi connectivity index (χ4n) is 2.04. The maximum atomic E-state index is 12.1. The SMILES string of the molecule is CCOc1cc(C(=O)OCC(=O)Nc2ccccc2Cl)ccc1OC. The number of ether oxygens (including phenoxy) is 3. The maximum Gasteiger partial charge on any atom is 0.338 e. The van der Waals surface area contributed by atoms with Crippen molar-refractivity contribution in [3.8, 4) is 11.5 Å². The Labute approximate surface area is 150 Å². The van der Waals surface area contributed by atoms with Gasteiger partial charge in [-0.3, -0.25) is 4.79 Å². The Hall–Kier alpha value is -2.73. The van der Waals surface area contributed by atoms with Crippen LogP contribution < -0.4 is 14.8 Å². The van der Waals surface area contributed by atoms with Gasteiger partial charge < -0.3 is 19.5 Å². The lowest BCUT2D eigenvalue weighted by Crippen LogP contribution is -2.21. The fourth-order valence-corrected chi connectivity index (χ4v) is 2.22. The summed E-state index contributed by atoms with van der Waals surface area (Å²) in [4.78, 5) is 24.0. The van der Waals surface area contributed by atoms with Gasteiger partial charge in [0.05, 0.1) is 30.0 Å². The topological polar surface area (TPSA) is 73.9 Å². The van der Waals surface area contributed by atoms with Crippen LogP contribution in [-0.2, 0) is 9.53 Å². The molecule has 2 aromatic carbocycles. The van der Waals surface area contributed by atoms with Gasteiger partial charge in [0.1, 0.15) is 0 Å². The Morgan fingerprint density at radius 3 is 2.56 bits per heavy atom. The molecule has 0 radical (unpaired) electrons. The molecule has 0 heterocycles. The van der Waals surface area contributed by atoms with E-state index in [1.165, 1.54) is 19.2 Å². The number of anilines is 1. The summed E-state index contributed by atoms with van der Waals surface area (Å²) >= 11 is 5.95. The number of para-hydroxylation sites is 1. The molecule has 0 saturated heterocycles. The van der Waals surface area contributed by atoms with E-state index in [1.54, 1.807) is 30.3 Å². The van der Waals surface area contributed by atoms with E-state index < -0.39 is 18.5 Å². The van der Waals surface area contributed by atoms with Gasteiger partial charge in [0.25, 0.3) is 5.91 Å². The van der Waals surface area contributed by atoms with E-state index >= 15 is 0 Å². The largest absolute Gasteiger partial charge is 0.493 e. The molecule has 0 bridgehead atoms. The molecular weight excluding hydrogens is 346 g/mol. The first kappa shape index (κ1) is 18.6. The number of nitrogens with one attached hydrogen (secondary N) is 1. The third-order valence-corrected chi connectivity index (χ3v) is 3.51. The molecule has 7 heteroatoms. The van der Waals surface area contributed by atoms with E-state index in [4.69, 9.17) is 25.8 Å². The van der Waals surface area contributed by atoms with Gasteiger partial charge in [-0.15, -0.1) is 0 Å². The van der Waals surface area contributed by atoms with Gasteiger partial charge in [0.2, 0.25) is 0 Å². The second kappa shape index (κ2) is 8.94. The minimum atomic E-state index is -0.641. The molecule has 2 rings (SSSR count). The summed E-state index contributed by atoms with van der Waals surface area (Å²) < 4.78 is 15.6. The first-order valence-electron chi connectivity index (χ1n) is 7.57. The molecule has 132 valence electrons. The van der Waals surface area contributed by atoms with Crippen LogP contribution >= 0.6 is 11.6 Å². The van der Waals surface area contributed by atoms with Gasteiger partial charge in [0, 0.05) is 0 Å². The van der Waals surface area contributed by atoms with Crippen molar-refractivity contribution < 1.29 is 23.8 Å². The average Bonchev–Trinajstić information content (AvgIpc) is 2.62. The van der Waals surface area contributed by atoms with E-state index in [-0.39, 0.29) is 5.56 Å². The van der Waals surface area contributed by atoms with Crippen LogP contribution in [0.25, 0.3) is 0 Å². The molecule has 0 aliphatic carbocycles. The Kier molecular flexibility index (Phi) is 6.65. The summed E-state index contributed by atoms with van der Waals surface area (Å²) in [5, 5.41) is 2.98. The number of amides is 1. The van der Waals surface area contributed by atoms with Crippen molar-refractivity contribution in [1.82, 2.24) is 0 Å². The molecule has 0 aliphatic heterocycles. The van der Waals surface area contributed by atoms with Gasteiger partial charge in [-0.2, -0.15) is 0 Å². The van der Waals surface area contributed by atoms with Crippen LogP contribution in [0.5, 0.6) is 11.5 Å². The van der Waals surface area contributed by atoms with E-state index in [2.05, 4.69) is 5.32 Å². The normalized spacial score (nSPS) is 10.0. The number of rotatable bonds is 7. The minimum Gasteiger partial charge on any atom is -0.493 e. The van der Waals surface area contributed by atoms with Crippen LogP contribution in [0.2, 0.25) is 5.02 Å². The Morgan fingerprint density at radius 1 is 1.12 bits per heavy atom. The van der Waals surface area contributed by atoms with E-state index in [9.17, 15) is 9.59 Å².